The molecule has 0 saturated heterocycles. The second-order valence-electron chi connectivity index (χ2n) is 5.44. The maximum Gasteiger partial charge on any atom is 0.0217 e. The number of nitrogens with one attached hydrogen (secondary N) is 1. The van der Waals surface area contributed by atoms with Gasteiger partial charge >= 0.3 is 0 Å². The minimum absolute atomic E-state index is 0.634. The summed E-state index contributed by atoms with van der Waals surface area (Å²) >= 11 is 0. The summed E-state index contributed by atoms with van der Waals surface area (Å²) in [6, 6.07) is 0.634. The highest BCUT2D eigenvalue weighted by atomic mass is 15.1. The van der Waals surface area contributed by atoms with E-state index >= 15 is 0 Å². The van der Waals surface area contributed by atoms with Crippen molar-refractivity contribution in [2.24, 2.45) is 11.8 Å². The van der Waals surface area contributed by atoms with Gasteiger partial charge in [-0.3, -0.25) is 0 Å². The molecule has 0 aliphatic carbocycles. The van der Waals surface area contributed by atoms with Gasteiger partial charge in [0.05, 0.1) is 0 Å². The summed E-state index contributed by atoms with van der Waals surface area (Å²) in [4.78, 5) is 2.62. The zero-order chi connectivity index (χ0) is 13.3. The summed E-state index contributed by atoms with van der Waals surface area (Å²) in [7, 11) is 0. The molecular weight excluding hydrogens is 208 g/mol. The molecule has 17 heavy (non-hydrogen) atoms. The molecule has 2 heteroatoms. The molecule has 0 spiro atoms. The molecule has 1 unspecified atom stereocenters. The van der Waals surface area contributed by atoms with Crippen molar-refractivity contribution in [3.63, 3.8) is 0 Å². The molecule has 0 fully saturated rings. The predicted octanol–water partition coefficient (Wildman–Crippen LogP) is 3.38. The van der Waals surface area contributed by atoms with Crippen molar-refractivity contribution in [1.29, 1.82) is 0 Å². The van der Waals surface area contributed by atoms with Crippen molar-refractivity contribution in [2.75, 3.05) is 26.2 Å². The topological polar surface area (TPSA) is 15.3 Å². The first kappa shape index (κ1) is 16.9. The second-order valence-corrected chi connectivity index (χ2v) is 5.44. The third-order valence-corrected chi connectivity index (χ3v) is 3.84. The van der Waals surface area contributed by atoms with Crippen LogP contribution in [-0.4, -0.2) is 37.1 Å². The Morgan fingerprint density at radius 1 is 0.941 bits per heavy atom. The lowest BCUT2D eigenvalue weighted by Gasteiger charge is -2.31. The number of hydrogen-bond acceptors (Lipinski definition) is 2. The van der Waals surface area contributed by atoms with Crippen LogP contribution in [0.5, 0.6) is 0 Å². The fraction of sp³-hybridized carbons (Fsp3) is 1.00. The predicted molar refractivity (Wildman–Crippen MR) is 78.5 cm³/mol. The molecule has 0 aromatic rings. The van der Waals surface area contributed by atoms with E-state index in [2.05, 4.69) is 51.8 Å². The summed E-state index contributed by atoms with van der Waals surface area (Å²) in [5.74, 6) is 1.58. The van der Waals surface area contributed by atoms with Crippen molar-refractivity contribution in [3.8, 4) is 0 Å². The first-order valence-electron chi connectivity index (χ1n) is 7.54. The molecule has 0 saturated carbocycles. The van der Waals surface area contributed by atoms with Crippen molar-refractivity contribution < 1.29 is 0 Å². The smallest absolute Gasteiger partial charge is 0.0217 e. The molecular formula is C15H34N2. The van der Waals surface area contributed by atoms with E-state index in [1.165, 1.54) is 32.5 Å². The lowest BCUT2D eigenvalue weighted by molar-refractivity contribution is 0.194. The summed E-state index contributed by atoms with van der Waals surface area (Å²) in [5, 5.41) is 3.61. The van der Waals surface area contributed by atoms with E-state index in [9.17, 15) is 0 Å². The fourth-order valence-electron chi connectivity index (χ4n) is 2.30. The highest BCUT2D eigenvalue weighted by Crippen LogP contribution is 2.12. The van der Waals surface area contributed by atoms with Crippen LogP contribution in [-0.2, 0) is 0 Å². The van der Waals surface area contributed by atoms with Crippen LogP contribution in [0.25, 0.3) is 0 Å². The molecule has 104 valence electrons. The molecule has 0 aromatic carbocycles. The monoisotopic (exact) mass is 242 g/mol. The van der Waals surface area contributed by atoms with Crippen LogP contribution < -0.4 is 5.32 Å². The van der Waals surface area contributed by atoms with Gasteiger partial charge in [-0.15, -0.1) is 0 Å². The van der Waals surface area contributed by atoms with Crippen LogP contribution in [0.2, 0.25) is 0 Å². The Bertz CT molecular complexity index is 164. The summed E-state index contributed by atoms with van der Waals surface area (Å²) in [6.07, 6.45) is 2.61. The van der Waals surface area contributed by atoms with Crippen molar-refractivity contribution >= 4 is 0 Å². The Balaban J connectivity index is 4.24. The molecule has 0 radical (unpaired) electrons. The number of rotatable bonds is 10. The summed E-state index contributed by atoms with van der Waals surface area (Å²) < 4.78 is 0. The van der Waals surface area contributed by atoms with E-state index in [0.717, 1.165) is 12.5 Å². The zero-order valence-corrected chi connectivity index (χ0v) is 12.9. The minimum atomic E-state index is 0.634. The van der Waals surface area contributed by atoms with E-state index in [-0.39, 0.29) is 0 Å². The first-order valence-corrected chi connectivity index (χ1v) is 7.54. The van der Waals surface area contributed by atoms with E-state index in [0.29, 0.717) is 12.0 Å². The quantitative estimate of drug-likeness (QED) is 0.632. The van der Waals surface area contributed by atoms with Crippen LogP contribution in [0, 0.1) is 11.8 Å². The number of likely N-dealkylation sites (N-methyl/N-ethyl adjacent to an activating group) is 2. The van der Waals surface area contributed by atoms with Crippen molar-refractivity contribution in [2.45, 2.75) is 60.4 Å². The highest BCUT2D eigenvalue weighted by Gasteiger charge is 2.17. The molecule has 0 aromatic heterocycles. The van der Waals surface area contributed by atoms with E-state index in [1.54, 1.807) is 0 Å². The van der Waals surface area contributed by atoms with Gasteiger partial charge in [0.2, 0.25) is 0 Å². The zero-order valence-electron chi connectivity index (χ0n) is 12.9. The molecule has 0 aliphatic heterocycles. The van der Waals surface area contributed by atoms with Gasteiger partial charge in [0.25, 0.3) is 0 Å². The molecule has 2 nitrogen and oxygen atoms in total. The fourth-order valence-corrected chi connectivity index (χ4v) is 2.30. The van der Waals surface area contributed by atoms with Crippen LogP contribution in [0.1, 0.15) is 54.4 Å². The van der Waals surface area contributed by atoms with Gasteiger partial charge in [0.1, 0.15) is 0 Å². The van der Waals surface area contributed by atoms with Gasteiger partial charge in [0.15, 0.2) is 0 Å². The van der Waals surface area contributed by atoms with Gasteiger partial charge in [-0.1, -0.05) is 54.4 Å². The van der Waals surface area contributed by atoms with E-state index < -0.39 is 0 Å². The Labute approximate surface area is 109 Å². The lowest BCUT2D eigenvalue weighted by atomic mass is 10.0. The first-order chi connectivity index (χ1) is 8.08. The van der Waals surface area contributed by atoms with Gasteiger partial charge in [-0.25, -0.2) is 0 Å². The number of hydrogen-bond donors (Lipinski definition) is 1. The Morgan fingerprint density at radius 2 is 1.53 bits per heavy atom. The molecule has 0 rings (SSSR count). The summed E-state index contributed by atoms with van der Waals surface area (Å²) in [5.41, 5.74) is 0. The molecule has 0 aliphatic rings. The van der Waals surface area contributed by atoms with Crippen molar-refractivity contribution in [1.82, 2.24) is 10.2 Å². The Morgan fingerprint density at radius 3 is 1.88 bits per heavy atom. The van der Waals surface area contributed by atoms with Gasteiger partial charge in [0, 0.05) is 19.1 Å². The standard InChI is InChI=1S/C15H34N2/c1-7-14(8-2)11-17(10-4)12-15(13(5)6)16-9-3/h13-16H,7-12H2,1-6H3. The lowest BCUT2D eigenvalue weighted by Crippen LogP contribution is -2.45. The van der Waals surface area contributed by atoms with Gasteiger partial charge in [-0.05, 0) is 24.9 Å². The normalized spacial score (nSPS) is 13.9. The van der Waals surface area contributed by atoms with Crippen LogP contribution >= 0.6 is 0 Å². The average Bonchev–Trinajstić information content (AvgIpc) is 2.32. The van der Waals surface area contributed by atoms with E-state index in [4.69, 9.17) is 0 Å². The number of nitrogens with zero attached hydrogens (tertiary/aromatic N) is 1. The SMILES string of the molecule is CCNC(CN(CC)CC(CC)CC)C(C)C. The molecule has 1 N–H and O–H groups in total. The minimum Gasteiger partial charge on any atom is -0.313 e. The average molecular weight is 242 g/mol. The van der Waals surface area contributed by atoms with Crippen LogP contribution in [0.15, 0.2) is 0 Å². The third kappa shape index (κ3) is 7.05. The molecule has 0 bridgehead atoms. The molecule has 0 heterocycles. The maximum atomic E-state index is 3.61. The Kier molecular flexibility index (Phi) is 9.85. The van der Waals surface area contributed by atoms with E-state index in [1.807, 2.05) is 0 Å². The molecule has 0 amide bonds. The van der Waals surface area contributed by atoms with Gasteiger partial charge in [-0.2, -0.15) is 0 Å². The van der Waals surface area contributed by atoms with Crippen molar-refractivity contribution in [3.05, 3.63) is 0 Å². The Hall–Kier alpha value is -0.0800. The molecule has 1 atom stereocenters. The van der Waals surface area contributed by atoms with Gasteiger partial charge < -0.3 is 10.2 Å². The second kappa shape index (κ2) is 9.90. The highest BCUT2D eigenvalue weighted by molar-refractivity contribution is 4.75. The third-order valence-electron chi connectivity index (χ3n) is 3.84. The largest absolute Gasteiger partial charge is 0.313 e. The maximum absolute atomic E-state index is 3.61. The van der Waals surface area contributed by atoms with Crippen LogP contribution in [0.4, 0.5) is 0 Å². The van der Waals surface area contributed by atoms with Crippen LogP contribution in [0.3, 0.4) is 0 Å². The summed E-state index contributed by atoms with van der Waals surface area (Å²) in [6.45, 7) is 18.4.